The zero-order valence-corrected chi connectivity index (χ0v) is 26.3. The van der Waals surface area contributed by atoms with Crippen molar-refractivity contribution in [3.63, 3.8) is 0 Å². The number of aliphatic hydroxyl groups excluding tert-OH is 1. The van der Waals surface area contributed by atoms with Gasteiger partial charge in [0.15, 0.2) is 17.5 Å². The first kappa shape index (κ1) is 33.0. The second-order valence-electron chi connectivity index (χ2n) is 14.0. The van der Waals surface area contributed by atoms with Crippen LogP contribution in [0.3, 0.4) is 0 Å². The lowest BCUT2D eigenvalue weighted by Crippen LogP contribution is -2.87. The Bertz CT molecular complexity index is 1070. The third-order valence-electron chi connectivity index (χ3n) is 10.7. The number of ether oxygens (including phenoxy) is 4. The molecule has 4 rings (SSSR count). The number of carbonyl (C=O) groups excluding carboxylic acids is 3. The number of rotatable bonds is 8. The molecule has 238 valence electrons. The van der Waals surface area contributed by atoms with Crippen LogP contribution in [-0.2, 0) is 33.3 Å². The summed E-state index contributed by atoms with van der Waals surface area (Å²) in [5.74, 6) is -2.57. The van der Waals surface area contributed by atoms with Gasteiger partial charge in [0.1, 0.15) is 18.3 Å². The van der Waals surface area contributed by atoms with Crippen LogP contribution in [0.25, 0.3) is 0 Å². The predicted octanol–water partition coefficient (Wildman–Crippen LogP) is 1.33. The van der Waals surface area contributed by atoms with Crippen LogP contribution >= 0.6 is 0 Å². The lowest BCUT2D eigenvalue weighted by atomic mass is 9.39. The zero-order valence-electron chi connectivity index (χ0n) is 26.3. The van der Waals surface area contributed by atoms with Gasteiger partial charge in [-0.2, -0.15) is 0 Å². The van der Waals surface area contributed by atoms with Gasteiger partial charge in [-0.3, -0.25) is 9.59 Å². The lowest BCUT2D eigenvalue weighted by Gasteiger charge is -2.71. The van der Waals surface area contributed by atoms with E-state index in [4.69, 9.17) is 18.9 Å². The SMILES string of the molecule is C=C[C@@]1(C)CC(=O)[C@]2(O)[C@@]3(C)[C@@H](O)CCC(C)(C)[C@@H]3[C@H](OC(=O)COC)[C@H](OC(=O)CCN3CCN(C)CC3)[C@@]2(C)O1. The number of carbonyl (C=O) groups is 3. The second-order valence-corrected chi connectivity index (χ2v) is 14.0. The van der Waals surface area contributed by atoms with Crippen molar-refractivity contribution in [2.75, 3.05) is 53.5 Å². The molecule has 4 aliphatic rings. The smallest absolute Gasteiger partial charge is 0.332 e. The maximum atomic E-state index is 14.2. The van der Waals surface area contributed by atoms with Gasteiger partial charge < -0.3 is 39.0 Å². The molecule has 2 heterocycles. The van der Waals surface area contributed by atoms with Crippen molar-refractivity contribution in [3.8, 4) is 0 Å². The van der Waals surface area contributed by atoms with Crippen molar-refractivity contribution in [3.05, 3.63) is 12.7 Å². The molecule has 4 fully saturated rings. The first-order valence-electron chi connectivity index (χ1n) is 15.1. The Kier molecular flexibility index (Phi) is 9.08. The average Bonchev–Trinajstić information content (AvgIpc) is 2.91. The van der Waals surface area contributed by atoms with Crippen molar-refractivity contribution in [1.82, 2.24) is 9.80 Å². The molecule has 0 aromatic carbocycles. The molecule has 0 bridgehead atoms. The predicted molar refractivity (Wildman–Crippen MR) is 153 cm³/mol. The van der Waals surface area contributed by atoms with Gasteiger partial charge >= 0.3 is 11.9 Å². The van der Waals surface area contributed by atoms with Crippen LogP contribution in [0.4, 0.5) is 0 Å². The number of ketones is 1. The molecule has 2 saturated carbocycles. The quantitative estimate of drug-likeness (QED) is 0.311. The Balaban J connectivity index is 1.81. The van der Waals surface area contributed by atoms with Gasteiger partial charge in [0.2, 0.25) is 0 Å². The Labute approximate surface area is 249 Å². The minimum absolute atomic E-state index is 0.0636. The van der Waals surface area contributed by atoms with Crippen LogP contribution in [0, 0.1) is 16.7 Å². The molecule has 0 spiro atoms. The number of piperazine rings is 1. The van der Waals surface area contributed by atoms with Crippen LogP contribution in [-0.4, -0.2) is 126 Å². The third kappa shape index (κ3) is 5.24. The van der Waals surface area contributed by atoms with Crippen LogP contribution in [0.15, 0.2) is 12.7 Å². The summed E-state index contributed by atoms with van der Waals surface area (Å²) in [6.45, 7) is 16.2. The molecule has 8 atom stereocenters. The largest absolute Gasteiger partial charge is 0.456 e. The molecule has 42 heavy (non-hydrogen) atoms. The molecule has 0 unspecified atom stereocenters. The van der Waals surface area contributed by atoms with Gasteiger partial charge in [0.05, 0.1) is 18.1 Å². The molecule has 11 heteroatoms. The normalized spacial score (nSPS) is 42.3. The maximum absolute atomic E-state index is 14.2. The molecule has 0 amide bonds. The Hall–Kier alpha value is -1.89. The van der Waals surface area contributed by atoms with E-state index in [9.17, 15) is 24.6 Å². The first-order chi connectivity index (χ1) is 19.5. The van der Waals surface area contributed by atoms with Gasteiger partial charge in [0, 0.05) is 57.6 Å². The van der Waals surface area contributed by atoms with Crippen molar-refractivity contribution in [2.45, 2.75) is 95.4 Å². The van der Waals surface area contributed by atoms with Crippen molar-refractivity contribution in [1.29, 1.82) is 0 Å². The molecule has 2 N–H and O–H groups in total. The minimum atomic E-state index is -2.28. The van der Waals surface area contributed by atoms with E-state index in [1.54, 1.807) is 13.8 Å². The molecule has 0 aromatic heterocycles. The van der Waals surface area contributed by atoms with Gasteiger partial charge in [-0.25, -0.2) is 4.79 Å². The monoisotopic (exact) mass is 594 g/mol. The number of methoxy groups -OCH3 is 1. The Morgan fingerprint density at radius 2 is 1.74 bits per heavy atom. The molecule has 0 radical (unpaired) electrons. The van der Waals surface area contributed by atoms with E-state index in [1.165, 1.54) is 20.1 Å². The van der Waals surface area contributed by atoms with E-state index in [2.05, 4.69) is 23.4 Å². The minimum Gasteiger partial charge on any atom is -0.456 e. The van der Waals surface area contributed by atoms with E-state index in [0.29, 0.717) is 19.4 Å². The van der Waals surface area contributed by atoms with Crippen LogP contribution in [0.5, 0.6) is 0 Å². The van der Waals surface area contributed by atoms with Crippen LogP contribution in [0.2, 0.25) is 0 Å². The highest BCUT2D eigenvalue weighted by Gasteiger charge is 2.82. The van der Waals surface area contributed by atoms with Gasteiger partial charge in [-0.15, -0.1) is 6.58 Å². The van der Waals surface area contributed by atoms with E-state index in [-0.39, 0.29) is 19.4 Å². The van der Waals surface area contributed by atoms with Gasteiger partial charge in [0.25, 0.3) is 0 Å². The number of aliphatic hydroxyl groups is 2. The summed E-state index contributed by atoms with van der Waals surface area (Å²) >= 11 is 0. The highest BCUT2D eigenvalue weighted by Crippen LogP contribution is 2.67. The molecular formula is C31H50N2O9. The number of hydrogen-bond acceptors (Lipinski definition) is 11. The summed E-state index contributed by atoms with van der Waals surface area (Å²) in [6.07, 6.45) is -1.43. The first-order valence-corrected chi connectivity index (χ1v) is 15.1. The number of likely N-dealkylation sites (N-methyl/N-ethyl adjacent to an activating group) is 1. The Morgan fingerprint density at radius 1 is 1.10 bits per heavy atom. The molecule has 0 aromatic rings. The lowest BCUT2D eigenvalue weighted by molar-refractivity contribution is -0.371. The summed E-state index contributed by atoms with van der Waals surface area (Å²) in [4.78, 5) is 45.2. The fourth-order valence-corrected chi connectivity index (χ4v) is 8.39. The highest BCUT2D eigenvalue weighted by atomic mass is 16.6. The van der Waals surface area contributed by atoms with E-state index in [1.807, 2.05) is 13.8 Å². The van der Waals surface area contributed by atoms with Gasteiger partial charge in [-0.05, 0) is 39.2 Å². The molecule has 2 aliphatic heterocycles. The van der Waals surface area contributed by atoms with Gasteiger partial charge in [-0.1, -0.05) is 26.8 Å². The molecule has 11 nitrogen and oxygen atoms in total. The van der Waals surface area contributed by atoms with E-state index < -0.39 is 69.6 Å². The van der Waals surface area contributed by atoms with Crippen LogP contribution in [0.1, 0.15) is 60.3 Å². The highest BCUT2D eigenvalue weighted by molar-refractivity contribution is 5.92. The summed E-state index contributed by atoms with van der Waals surface area (Å²) in [5.41, 5.74) is -7.53. The summed E-state index contributed by atoms with van der Waals surface area (Å²) < 4.78 is 23.9. The molecule has 2 aliphatic carbocycles. The Morgan fingerprint density at radius 3 is 2.33 bits per heavy atom. The van der Waals surface area contributed by atoms with E-state index in [0.717, 1.165) is 26.2 Å². The third-order valence-corrected chi connectivity index (χ3v) is 10.7. The van der Waals surface area contributed by atoms with E-state index >= 15 is 0 Å². The van der Waals surface area contributed by atoms with Crippen molar-refractivity contribution >= 4 is 17.7 Å². The number of nitrogens with zero attached hydrogens (tertiary/aromatic N) is 2. The summed E-state index contributed by atoms with van der Waals surface area (Å²) in [6, 6.07) is 0. The van der Waals surface area contributed by atoms with Crippen molar-refractivity contribution in [2.24, 2.45) is 16.7 Å². The number of hydrogen-bond donors (Lipinski definition) is 2. The fourth-order valence-electron chi connectivity index (χ4n) is 8.39. The average molecular weight is 595 g/mol. The van der Waals surface area contributed by atoms with Crippen LogP contribution < -0.4 is 0 Å². The number of fused-ring (bicyclic) bond motifs is 3. The standard InChI is InChI=1S/C31H50N2O9/c1-9-28(4)18-21(35)31(38)29(5)20(34)10-12-27(2,3)25(29)24(40-23(37)19-39-8)26(30(31,6)42-28)41-22(36)11-13-33-16-14-32(7)15-17-33/h9,20,24-26,34,38H,1,10-19H2,2-8H3/t20-,24-,25-,26-,28-,29-,30+,31-/m0/s1. The summed E-state index contributed by atoms with van der Waals surface area (Å²) in [7, 11) is 3.43. The summed E-state index contributed by atoms with van der Waals surface area (Å²) in [5, 5.41) is 24.4. The molecule has 2 saturated heterocycles. The number of esters is 2. The van der Waals surface area contributed by atoms with Crippen molar-refractivity contribution < 1.29 is 43.5 Å². The fraction of sp³-hybridized carbons (Fsp3) is 0.839. The maximum Gasteiger partial charge on any atom is 0.332 e. The second kappa shape index (κ2) is 11.6. The topological polar surface area (TPSA) is 135 Å². The zero-order chi connectivity index (χ0) is 31.3. The number of Topliss-reactive ketones (excluding diaryl/α,β-unsaturated/α-hetero) is 1. The molecular weight excluding hydrogens is 544 g/mol.